The highest BCUT2D eigenvalue weighted by Crippen LogP contribution is 2.31. The molecule has 0 saturated carbocycles. The van der Waals surface area contributed by atoms with E-state index in [-0.39, 0.29) is 24.9 Å². The Kier molecular flexibility index (Phi) is 4.90. The summed E-state index contributed by atoms with van der Waals surface area (Å²) in [5.74, 6) is -0.630. The fourth-order valence-electron chi connectivity index (χ4n) is 2.58. The molecule has 8 heteroatoms. The summed E-state index contributed by atoms with van der Waals surface area (Å²) in [6.07, 6.45) is 1.22. The summed E-state index contributed by atoms with van der Waals surface area (Å²) in [6, 6.07) is 5.00. The van der Waals surface area contributed by atoms with E-state index in [1.807, 2.05) is 0 Å². The van der Waals surface area contributed by atoms with Crippen LogP contribution < -0.4 is 16.8 Å². The summed E-state index contributed by atoms with van der Waals surface area (Å²) in [4.78, 5) is 26.2. The van der Waals surface area contributed by atoms with Gasteiger partial charge in [-0.2, -0.15) is 0 Å². The number of H-pyrrole nitrogens is 1. The van der Waals surface area contributed by atoms with Crippen molar-refractivity contribution < 1.29 is 13.9 Å². The van der Waals surface area contributed by atoms with E-state index in [4.69, 9.17) is 14.9 Å². The van der Waals surface area contributed by atoms with Gasteiger partial charge in [0, 0.05) is 25.4 Å². The first kappa shape index (κ1) is 16.5. The Balaban J connectivity index is 0.00000176. The molecule has 0 radical (unpaired) electrons. The molecule has 1 aliphatic rings. The van der Waals surface area contributed by atoms with Crippen LogP contribution in [0.3, 0.4) is 0 Å². The first-order valence-electron chi connectivity index (χ1n) is 6.85. The molecule has 22 heavy (non-hydrogen) atoms. The number of fused-ring (bicyclic) bond motifs is 1. The van der Waals surface area contributed by atoms with Crippen molar-refractivity contribution in [3.05, 3.63) is 28.7 Å². The van der Waals surface area contributed by atoms with Crippen LogP contribution in [-0.4, -0.2) is 30.6 Å². The van der Waals surface area contributed by atoms with Gasteiger partial charge in [0.25, 0.3) is 0 Å². The third-order valence-corrected chi connectivity index (χ3v) is 4.00. The third kappa shape index (κ3) is 3.01. The predicted octanol–water partition coefficient (Wildman–Crippen LogP) is 1.24. The van der Waals surface area contributed by atoms with Gasteiger partial charge in [0.15, 0.2) is 5.58 Å². The number of halogens is 1. The predicted molar refractivity (Wildman–Crippen MR) is 84.3 cm³/mol. The number of aromatic amines is 1. The van der Waals surface area contributed by atoms with Crippen molar-refractivity contribution in [3.63, 3.8) is 0 Å². The molecule has 3 rings (SSSR count). The van der Waals surface area contributed by atoms with Crippen molar-refractivity contribution in [1.82, 2.24) is 4.98 Å². The highest BCUT2D eigenvalue weighted by atomic mass is 35.5. The number of rotatable bonds is 3. The van der Waals surface area contributed by atoms with E-state index < -0.39 is 11.2 Å². The normalized spacial score (nSPS) is 17.0. The molecule has 0 aliphatic carbocycles. The van der Waals surface area contributed by atoms with E-state index in [1.54, 1.807) is 18.2 Å². The van der Waals surface area contributed by atoms with Crippen LogP contribution in [0.15, 0.2) is 27.4 Å². The number of carbonyl (C=O) groups is 1. The minimum Gasteiger partial charge on any atom is -0.408 e. The summed E-state index contributed by atoms with van der Waals surface area (Å²) in [5.41, 5.74) is 6.83. The Hall–Kier alpha value is -1.83. The van der Waals surface area contributed by atoms with Gasteiger partial charge in [0.1, 0.15) is 0 Å². The second-order valence-corrected chi connectivity index (χ2v) is 5.28. The smallest absolute Gasteiger partial charge is 0.408 e. The van der Waals surface area contributed by atoms with E-state index in [2.05, 4.69) is 10.3 Å². The maximum Gasteiger partial charge on any atom is 0.417 e. The molecule has 1 fully saturated rings. The average Bonchev–Trinajstić information content (AvgIpc) is 2.87. The summed E-state index contributed by atoms with van der Waals surface area (Å²) in [5, 5.41) is 2.87. The van der Waals surface area contributed by atoms with Gasteiger partial charge in [-0.15, -0.1) is 12.4 Å². The molecule has 2 heterocycles. The number of ether oxygens (including phenoxy) is 1. The van der Waals surface area contributed by atoms with Gasteiger partial charge in [-0.3, -0.25) is 9.78 Å². The molecule has 4 N–H and O–H groups in total. The molecule has 120 valence electrons. The summed E-state index contributed by atoms with van der Waals surface area (Å²) in [7, 11) is 0. The zero-order chi connectivity index (χ0) is 14.9. The molecule has 2 aromatic rings. The van der Waals surface area contributed by atoms with E-state index >= 15 is 0 Å². The van der Waals surface area contributed by atoms with E-state index in [0.717, 1.165) is 0 Å². The summed E-state index contributed by atoms with van der Waals surface area (Å²) in [6.45, 7) is 1.37. The van der Waals surface area contributed by atoms with Crippen LogP contribution >= 0.6 is 12.4 Å². The van der Waals surface area contributed by atoms with Crippen LogP contribution in [-0.2, 0) is 9.53 Å². The Morgan fingerprint density at radius 1 is 1.36 bits per heavy atom. The number of hydrogen-bond donors (Lipinski definition) is 3. The molecule has 7 nitrogen and oxygen atoms in total. The molecule has 1 aromatic carbocycles. The van der Waals surface area contributed by atoms with Gasteiger partial charge in [0.05, 0.1) is 10.9 Å². The molecule has 1 aliphatic heterocycles. The molecule has 1 saturated heterocycles. The highest BCUT2D eigenvalue weighted by molar-refractivity contribution is 5.96. The second-order valence-electron chi connectivity index (χ2n) is 5.28. The number of carbonyl (C=O) groups excluding carboxylic acids is 1. The van der Waals surface area contributed by atoms with Crippen LogP contribution in [0.2, 0.25) is 0 Å². The van der Waals surface area contributed by atoms with Crippen molar-refractivity contribution >= 4 is 35.1 Å². The van der Waals surface area contributed by atoms with Crippen LogP contribution in [0.25, 0.3) is 11.1 Å². The first-order chi connectivity index (χ1) is 10.1. The minimum absolute atomic E-state index is 0. The van der Waals surface area contributed by atoms with Crippen molar-refractivity contribution in [2.75, 3.05) is 25.1 Å². The standard InChI is InChI=1S/C14H17N3O4.ClH/c15-8-14(3-5-20-6-4-14)12(18)16-9-1-2-11-10(7-9)17-13(19)21-11;/h1-2,7H,3-6,8,15H2,(H,16,18)(H,17,19);1H. The van der Waals surface area contributed by atoms with Crippen molar-refractivity contribution in [2.45, 2.75) is 12.8 Å². The number of nitrogens with one attached hydrogen (secondary N) is 2. The number of benzene rings is 1. The lowest BCUT2D eigenvalue weighted by Crippen LogP contribution is -2.46. The third-order valence-electron chi connectivity index (χ3n) is 4.00. The zero-order valence-corrected chi connectivity index (χ0v) is 12.7. The number of aromatic nitrogens is 1. The monoisotopic (exact) mass is 327 g/mol. The Labute approximate surface area is 132 Å². The lowest BCUT2D eigenvalue weighted by molar-refractivity contribution is -0.130. The van der Waals surface area contributed by atoms with Gasteiger partial charge in [-0.25, -0.2) is 4.79 Å². The maximum atomic E-state index is 12.5. The van der Waals surface area contributed by atoms with E-state index in [9.17, 15) is 9.59 Å². The second kappa shape index (κ2) is 6.51. The molecule has 0 bridgehead atoms. The molecular weight excluding hydrogens is 310 g/mol. The van der Waals surface area contributed by atoms with Gasteiger partial charge in [-0.05, 0) is 31.0 Å². The van der Waals surface area contributed by atoms with Crippen LogP contribution in [0, 0.1) is 5.41 Å². The van der Waals surface area contributed by atoms with Crippen molar-refractivity contribution in [1.29, 1.82) is 0 Å². The van der Waals surface area contributed by atoms with E-state index in [0.29, 0.717) is 42.8 Å². The average molecular weight is 328 g/mol. The zero-order valence-electron chi connectivity index (χ0n) is 11.9. The Morgan fingerprint density at radius 2 is 2.09 bits per heavy atom. The SMILES string of the molecule is Cl.NCC1(C(=O)Nc2ccc3oc(=O)[nH]c3c2)CCOCC1. The Bertz CT molecular complexity index is 718. The Morgan fingerprint density at radius 3 is 2.77 bits per heavy atom. The number of oxazole rings is 1. The van der Waals surface area contributed by atoms with E-state index in [1.165, 1.54) is 0 Å². The number of nitrogens with two attached hydrogens (primary N) is 1. The van der Waals surface area contributed by atoms with Crippen molar-refractivity contribution in [3.8, 4) is 0 Å². The fraction of sp³-hybridized carbons (Fsp3) is 0.429. The largest absolute Gasteiger partial charge is 0.417 e. The van der Waals surface area contributed by atoms with Crippen LogP contribution in [0.1, 0.15) is 12.8 Å². The molecule has 0 atom stereocenters. The van der Waals surface area contributed by atoms with Gasteiger partial charge in [-0.1, -0.05) is 0 Å². The highest BCUT2D eigenvalue weighted by Gasteiger charge is 2.38. The molecule has 1 amide bonds. The number of hydrogen-bond acceptors (Lipinski definition) is 5. The quantitative estimate of drug-likeness (QED) is 0.785. The fourth-order valence-corrected chi connectivity index (χ4v) is 2.58. The van der Waals surface area contributed by atoms with Crippen LogP contribution in [0.5, 0.6) is 0 Å². The first-order valence-corrected chi connectivity index (χ1v) is 6.85. The number of anilines is 1. The summed E-state index contributed by atoms with van der Waals surface area (Å²) >= 11 is 0. The van der Waals surface area contributed by atoms with Gasteiger partial charge < -0.3 is 20.2 Å². The molecular formula is C14H18ClN3O4. The lowest BCUT2D eigenvalue weighted by atomic mass is 9.79. The molecule has 1 aromatic heterocycles. The maximum absolute atomic E-state index is 12.5. The number of amides is 1. The van der Waals surface area contributed by atoms with Crippen molar-refractivity contribution in [2.24, 2.45) is 11.1 Å². The lowest BCUT2D eigenvalue weighted by Gasteiger charge is -2.34. The minimum atomic E-state index is -0.586. The van der Waals surface area contributed by atoms with Crippen LogP contribution in [0.4, 0.5) is 5.69 Å². The van der Waals surface area contributed by atoms with Gasteiger partial charge >= 0.3 is 5.76 Å². The van der Waals surface area contributed by atoms with Gasteiger partial charge in [0.2, 0.25) is 5.91 Å². The topological polar surface area (TPSA) is 110 Å². The summed E-state index contributed by atoms with van der Waals surface area (Å²) < 4.78 is 10.2. The molecule has 0 spiro atoms. The molecule has 0 unspecified atom stereocenters.